The van der Waals surface area contributed by atoms with E-state index >= 15 is 0 Å². The molecule has 0 bridgehead atoms. The molecule has 0 aromatic heterocycles. The van der Waals surface area contributed by atoms with E-state index in [4.69, 9.17) is 10.5 Å². The molecule has 0 aliphatic carbocycles. The van der Waals surface area contributed by atoms with E-state index in [1.165, 1.54) is 25.7 Å². The summed E-state index contributed by atoms with van der Waals surface area (Å²) < 4.78 is 0. The quantitative estimate of drug-likeness (QED) is 0.171. The summed E-state index contributed by atoms with van der Waals surface area (Å²) in [6.07, 6.45) is 5.54. The minimum Gasteiger partial charge on any atom is -0.412 e. The zero-order chi connectivity index (χ0) is 18.1. The third-order valence-electron chi connectivity index (χ3n) is 1.38. The van der Waals surface area contributed by atoms with Crippen molar-refractivity contribution in [3.63, 3.8) is 0 Å². The highest BCUT2D eigenvalue weighted by molar-refractivity contribution is 4.31. The van der Waals surface area contributed by atoms with Crippen molar-refractivity contribution >= 4 is 0 Å². The first kappa shape index (κ1) is 46.4. The van der Waals surface area contributed by atoms with Gasteiger partial charge in [-0.05, 0) is 80.6 Å². The van der Waals surface area contributed by atoms with Gasteiger partial charge in [-0.15, -0.1) is 0 Å². The van der Waals surface area contributed by atoms with Crippen molar-refractivity contribution < 1.29 is 96.6 Å². The molecule has 0 aliphatic heterocycles. The maximum absolute atomic E-state index is 7.47. The fourth-order valence-corrected chi connectivity index (χ4v) is 0.661. The lowest BCUT2D eigenvalue weighted by Gasteiger charge is -1.97. The summed E-state index contributed by atoms with van der Waals surface area (Å²) in [4.78, 5) is 0. The summed E-state index contributed by atoms with van der Waals surface area (Å²) in [6.45, 7) is 4.46. The molecule has 19 heteroatoms. The lowest BCUT2D eigenvalue weighted by Crippen LogP contribution is -2.04. The maximum atomic E-state index is 7.47. The van der Waals surface area contributed by atoms with Gasteiger partial charge in [-0.1, -0.05) is 69.2 Å². The SMILES string of the molecule is C.C.C.C.CCCCCC.O.OOOOOOOOOOOOOOOOOO. The molecule has 0 spiro atoms. The smallest absolute Gasteiger partial charge is 0.0000000000000000526 e. The van der Waals surface area contributed by atoms with Gasteiger partial charge in [0, 0.05) is 0 Å². The fourth-order valence-electron chi connectivity index (χ4n) is 0.661. The standard InChI is InChI=1S/C6H14.4CH4.H2O18.H2O/c1-3-5-6-4-2;;;;;1-3-5-7-9-11-13-15-17-18-16-14-12-10-8-6-4-2;/h3-6H2,1-2H3;4*1H4;1-2H;1H2. The van der Waals surface area contributed by atoms with E-state index in [0.29, 0.717) is 0 Å². The highest BCUT2D eigenvalue weighted by Crippen LogP contribution is 1.95. The molecule has 0 atom stereocenters. The average Bonchev–Trinajstić information content (AvgIpc) is 2.61. The van der Waals surface area contributed by atoms with Gasteiger partial charge in [-0.25, -0.2) is 10.5 Å². The minimum absolute atomic E-state index is 0. The zero-order valence-corrected chi connectivity index (χ0v) is 12.8. The lowest BCUT2D eigenvalue weighted by atomic mass is 10.2. The summed E-state index contributed by atoms with van der Waals surface area (Å²) in [5.41, 5.74) is 0. The Hall–Kier alpha value is -0.760. The average molecular weight is 458 g/mol. The van der Waals surface area contributed by atoms with Gasteiger partial charge in [0.25, 0.3) is 0 Å². The van der Waals surface area contributed by atoms with Crippen LogP contribution in [0.3, 0.4) is 0 Å². The summed E-state index contributed by atoms with van der Waals surface area (Å²) >= 11 is 0. The largest absolute Gasteiger partial charge is 0.412 e. The number of hydrogen-bond donors (Lipinski definition) is 2. The van der Waals surface area contributed by atoms with Crippen LogP contribution in [0.2, 0.25) is 0 Å². The Balaban J connectivity index is -0.0000000776. The fraction of sp³-hybridized carbons (Fsp3) is 1.00. The van der Waals surface area contributed by atoms with Gasteiger partial charge in [-0.3, -0.25) is 0 Å². The van der Waals surface area contributed by atoms with E-state index in [0.717, 1.165) is 0 Å². The van der Waals surface area contributed by atoms with Crippen molar-refractivity contribution in [1.82, 2.24) is 0 Å². The van der Waals surface area contributed by atoms with Crippen LogP contribution in [-0.2, 0) is 80.6 Å². The predicted octanol–water partition coefficient (Wildman–Crippen LogP) is 3.23. The molecule has 0 amide bonds. The Bertz CT molecular complexity index is 180. The van der Waals surface area contributed by atoms with Crippen LogP contribution in [0, 0.1) is 0 Å². The van der Waals surface area contributed by atoms with Gasteiger partial charge in [0.1, 0.15) is 0 Å². The van der Waals surface area contributed by atoms with Crippen molar-refractivity contribution in [2.45, 2.75) is 69.2 Å². The van der Waals surface area contributed by atoms with Crippen LogP contribution in [0.15, 0.2) is 0 Å². The monoisotopic (exact) mass is 458 g/mol. The third kappa shape index (κ3) is 58.4. The zero-order valence-electron chi connectivity index (χ0n) is 12.8. The number of unbranched alkanes of at least 4 members (excludes halogenated alkanes) is 3. The van der Waals surface area contributed by atoms with Crippen molar-refractivity contribution in [2.75, 3.05) is 0 Å². The highest BCUT2D eigenvalue weighted by atomic mass is 18.0. The molecular formula is C10H34O19. The molecule has 188 valence electrons. The molecule has 0 radical (unpaired) electrons. The van der Waals surface area contributed by atoms with Gasteiger partial charge in [0.05, 0.1) is 0 Å². The molecule has 4 N–H and O–H groups in total. The molecular weight excluding hydrogens is 424 g/mol. The van der Waals surface area contributed by atoms with Gasteiger partial charge in [0.15, 0.2) is 0 Å². The number of rotatable bonds is 18. The van der Waals surface area contributed by atoms with Crippen LogP contribution in [-0.4, -0.2) is 16.0 Å². The molecule has 19 nitrogen and oxygen atoms in total. The summed E-state index contributed by atoms with van der Waals surface area (Å²) in [6, 6.07) is 0. The molecule has 29 heavy (non-hydrogen) atoms. The van der Waals surface area contributed by atoms with E-state index in [2.05, 4.69) is 94.5 Å². The number of hydrogen-bond acceptors (Lipinski definition) is 18. The van der Waals surface area contributed by atoms with Crippen LogP contribution in [0.25, 0.3) is 0 Å². The van der Waals surface area contributed by atoms with Crippen LogP contribution < -0.4 is 0 Å². The van der Waals surface area contributed by atoms with E-state index < -0.39 is 0 Å². The van der Waals surface area contributed by atoms with Crippen LogP contribution in [0.1, 0.15) is 69.2 Å². The molecule has 0 aromatic rings. The molecule has 0 unspecified atom stereocenters. The van der Waals surface area contributed by atoms with Gasteiger partial charge < -0.3 is 5.48 Å². The Labute approximate surface area is 167 Å². The van der Waals surface area contributed by atoms with E-state index in [1.807, 2.05) is 0 Å². The maximum Gasteiger partial charge on any atom is -0.0000000000000000526 e. The molecule has 0 saturated carbocycles. The van der Waals surface area contributed by atoms with Crippen molar-refractivity contribution in [1.29, 1.82) is 0 Å². The second-order valence-corrected chi connectivity index (χ2v) is 2.81. The summed E-state index contributed by atoms with van der Waals surface area (Å²) in [7, 11) is 0. The lowest BCUT2D eigenvalue weighted by molar-refractivity contribution is -0.889. The topological polar surface area (TPSA) is 220 Å². The molecule has 0 saturated heterocycles. The Morgan fingerprint density at radius 2 is 0.586 bits per heavy atom. The van der Waals surface area contributed by atoms with Crippen LogP contribution in [0.4, 0.5) is 0 Å². The highest BCUT2D eigenvalue weighted by Gasteiger charge is 1.98. The van der Waals surface area contributed by atoms with Crippen molar-refractivity contribution in [2.24, 2.45) is 0 Å². The molecule has 0 aliphatic rings. The second kappa shape index (κ2) is 50.7. The Morgan fingerprint density at radius 3 is 0.724 bits per heavy atom. The third-order valence-corrected chi connectivity index (χ3v) is 1.38. The first-order chi connectivity index (χ1) is 11.8. The first-order valence-electron chi connectivity index (χ1n) is 5.78. The van der Waals surface area contributed by atoms with Gasteiger partial charge in [0.2, 0.25) is 0 Å². The van der Waals surface area contributed by atoms with E-state index in [1.54, 1.807) is 0 Å². The van der Waals surface area contributed by atoms with Gasteiger partial charge in [-0.2, -0.15) is 0 Å². The van der Waals surface area contributed by atoms with E-state index in [-0.39, 0.29) is 35.2 Å². The van der Waals surface area contributed by atoms with Crippen LogP contribution >= 0.6 is 0 Å². The predicted molar refractivity (Wildman–Crippen MR) is 83.0 cm³/mol. The Morgan fingerprint density at radius 1 is 0.414 bits per heavy atom. The first-order valence-corrected chi connectivity index (χ1v) is 5.78. The molecule has 0 aromatic carbocycles. The van der Waals surface area contributed by atoms with Crippen LogP contribution in [0.5, 0.6) is 0 Å². The minimum atomic E-state index is 0. The van der Waals surface area contributed by atoms with Crippen molar-refractivity contribution in [3.05, 3.63) is 0 Å². The second-order valence-electron chi connectivity index (χ2n) is 2.81. The Kier molecular flexibility index (Phi) is 81.2. The summed E-state index contributed by atoms with van der Waals surface area (Å²) in [5.74, 6) is 0. The van der Waals surface area contributed by atoms with E-state index in [9.17, 15) is 0 Å². The molecule has 0 heterocycles. The molecule has 0 rings (SSSR count). The van der Waals surface area contributed by atoms with Crippen molar-refractivity contribution in [3.8, 4) is 0 Å². The normalized spacial score (nSPS) is 8.69. The summed E-state index contributed by atoms with van der Waals surface area (Å²) in [5, 5.41) is 68.0. The van der Waals surface area contributed by atoms with Gasteiger partial charge >= 0.3 is 0 Å². The molecule has 0 fully saturated rings.